The summed E-state index contributed by atoms with van der Waals surface area (Å²) in [5, 5.41) is 5.41. The number of esters is 1. The quantitative estimate of drug-likeness (QED) is 0.338. The Morgan fingerprint density at radius 2 is 1.87 bits per heavy atom. The van der Waals surface area contributed by atoms with Crippen LogP contribution < -0.4 is 14.8 Å². The van der Waals surface area contributed by atoms with E-state index in [1.165, 1.54) is 11.8 Å². The molecule has 2 aromatic carbocycles. The van der Waals surface area contributed by atoms with Crippen LogP contribution in [0.1, 0.15) is 30.5 Å². The first-order valence-electron chi connectivity index (χ1n) is 12.2. The fourth-order valence-corrected chi connectivity index (χ4v) is 5.27. The van der Waals surface area contributed by atoms with E-state index < -0.39 is 12.0 Å². The Labute approximate surface area is 226 Å². The molecule has 4 rings (SSSR count). The minimum Gasteiger partial charge on any atom is -0.497 e. The Hall–Kier alpha value is -3.76. The summed E-state index contributed by atoms with van der Waals surface area (Å²) in [6.45, 7) is 2.78. The van der Waals surface area contributed by atoms with Gasteiger partial charge in [-0.25, -0.2) is 9.79 Å². The Morgan fingerprint density at radius 3 is 2.55 bits per heavy atom. The van der Waals surface area contributed by atoms with Gasteiger partial charge in [-0.2, -0.15) is 0 Å². The van der Waals surface area contributed by atoms with Crippen molar-refractivity contribution in [1.29, 1.82) is 0 Å². The van der Waals surface area contributed by atoms with Gasteiger partial charge in [0.05, 0.1) is 51.2 Å². The molecule has 10 heteroatoms. The molecule has 0 radical (unpaired) electrons. The van der Waals surface area contributed by atoms with Gasteiger partial charge in [-0.15, -0.1) is 0 Å². The molecule has 0 bridgehead atoms. The monoisotopic (exact) mass is 537 g/mol. The normalized spacial score (nSPS) is 16.4. The fraction of sp³-hybridized carbons (Fsp3) is 0.321. The van der Waals surface area contributed by atoms with Crippen LogP contribution in [0.4, 0.5) is 0 Å². The first-order chi connectivity index (χ1) is 18.5. The van der Waals surface area contributed by atoms with Crippen LogP contribution in [0.25, 0.3) is 5.70 Å². The van der Waals surface area contributed by atoms with Crippen LogP contribution in [-0.4, -0.2) is 63.0 Å². The third-order valence-corrected chi connectivity index (χ3v) is 6.95. The van der Waals surface area contributed by atoms with Gasteiger partial charge in [-0.1, -0.05) is 42.1 Å². The smallest absolute Gasteiger partial charge is 0.338 e. The molecule has 9 nitrogen and oxygen atoms in total. The van der Waals surface area contributed by atoms with E-state index in [0.29, 0.717) is 52.3 Å². The Balaban J connectivity index is 1.87. The average molecular weight is 538 g/mol. The molecule has 1 N–H and O–H groups in total. The number of nitrogens with zero attached hydrogens (tertiary/aromatic N) is 2. The van der Waals surface area contributed by atoms with Crippen LogP contribution >= 0.6 is 11.8 Å². The van der Waals surface area contributed by atoms with Crippen molar-refractivity contribution in [2.75, 3.05) is 41.1 Å². The predicted molar refractivity (Wildman–Crippen MR) is 147 cm³/mol. The van der Waals surface area contributed by atoms with Gasteiger partial charge < -0.3 is 29.2 Å². The fourth-order valence-electron chi connectivity index (χ4n) is 4.35. The van der Waals surface area contributed by atoms with Crippen LogP contribution in [0.3, 0.4) is 0 Å². The number of rotatable bonds is 11. The van der Waals surface area contributed by atoms with Crippen molar-refractivity contribution in [2.45, 2.75) is 19.4 Å². The minimum atomic E-state index is -0.661. The molecular weight excluding hydrogens is 506 g/mol. The van der Waals surface area contributed by atoms with Crippen molar-refractivity contribution in [3.05, 3.63) is 76.3 Å². The topological polar surface area (TPSA) is 98.7 Å². The number of fused-ring (bicyclic) bond motifs is 1. The first-order valence-corrected chi connectivity index (χ1v) is 13.1. The summed E-state index contributed by atoms with van der Waals surface area (Å²) < 4.78 is 21.8. The molecule has 0 saturated heterocycles. The van der Waals surface area contributed by atoms with Gasteiger partial charge in [0.25, 0.3) is 0 Å². The molecule has 0 fully saturated rings. The Morgan fingerprint density at radius 1 is 1.08 bits per heavy atom. The van der Waals surface area contributed by atoms with Crippen molar-refractivity contribution in [3.8, 4) is 11.5 Å². The second-order valence-corrected chi connectivity index (χ2v) is 9.21. The highest BCUT2D eigenvalue weighted by Gasteiger charge is 2.43. The van der Waals surface area contributed by atoms with Crippen LogP contribution in [0.15, 0.2) is 70.2 Å². The highest BCUT2D eigenvalue weighted by Crippen LogP contribution is 2.49. The number of thioether (sulfide) groups is 1. The van der Waals surface area contributed by atoms with Crippen LogP contribution in [0.2, 0.25) is 0 Å². The molecule has 200 valence electrons. The van der Waals surface area contributed by atoms with Crippen molar-refractivity contribution < 1.29 is 28.5 Å². The lowest BCUT2D eigenvalue weighted by molar-refractivity contribution is -0.139. The first kappa shape index (κ1) is 27.3. The maximum Gasteiger partial charge on any atom is 0.338 e. The zero-order chi connectivity index (χ0) is 27.1. The zero-order valence-corrected chi connectivity index (χ0v) is 22.7. The average Bonchev–Trinajstić information content (AvgIpc) is 3.34. The molecule has 0 spiro atoms. The molecule has 1 atom stereocenters. The molecule has 2 heterocycles. The number of methoxy groups -OCH3 is 3. The third kappa shape index (κ3) is 5.71. The van der Waals surface area contributed by atoms with Crippen LogP contribution in [-0.2, 0) is 19.1 Å². The molecule has 0 aromatic heterocycles. The number of hydrogen-bond acceptors (Lipinski definition) is 9. The lowest BCUT2D eigenvalue weighted by Gasteiger charge is -2.37. The molecular formula is C28H31N3O6S. The van der Waals surface area contributed by atoms with E-state index in [-0.39, 0.29) is 18.9 Å². The number of nitrogens with one attached hydrogen (secondary N) is 1. The molecule has 2 aliphatic heterocycles. The van der Waals surface area contributed by atoms with Gasteiger partial charge in [0.2, 0.25) is 5.91 Å². The number of benzene rings is 2. The van der Waals surface area contributed by atoms with Crippen molar-refractivity contribution in [1.82, 2.24) is 10.2 Å². The maximum absolute atomic E-state index is 13.6. The lowest BCUT2D eigenvalue weighted by atomic mass is 9.90. The van der Waals surface area contributed by atoms with Crippen molar-refractivity contribution in [3.63, 3.8) is 0 Å². The number of amides is 1. The second kappa shape index (κ2) is 12.7. The lowest BCUT2D eigenvalue weighted by Crippen LogP contribution is -2.38. The van der Waals surface area contributed by atoms with Gasteiger partial charge in [0, 0.05) is 36.5 Å². The number of amidine groups is 1. The van der Waals surface area contributed by atoms with Crippen LogP contribution in [0, 0.1) is 0 Å². The standard InChI is InChI=1S/C28H31N3O6S/c1-5-37-27(33)24-25(18-9-7-6-8-10-18)30-28-31(19(17-38-28)15-23(32)29-13-14-34-2)26(24)21-12-11-20(35-3)16-22(21)36-4/h6-12,16-17,26H,5,13-15H2,1-4H3,(H,29,32)/t26-/m0/s1. The third-order valence-electron chi connectivity index (χ3n) is 6.06. The van der Waals surface area contributed by atoms with E-state index in [2.05, 4.69) is 5.32 Å². The van der Waals surface area contributed by atoms with E-state index in [4.69, 9.17) is 23.9 Å². The van der Waals surface area contributed by atoms with Crippen LogP contribution in [0.5, 0.6) is 11.5 Å². The zero-order valence-electron chi connectivity index (χ0n) is 21.9. The molecule has 0 saturated carbocycles. The summed E-state index contributed by atoms with van der Waals surface area (Å²) in [5.74, 6) is 0.499. The molecule has 0 aliphatic carbocycles. The summed E-state index contributed by atoms with van der Waals surface area (Å²) in [6.07, 6.45) is 0.0987. The summed E-state index contributed by atoms with van der Waals surface area (Å²) in [5.41, 5.74) is 3.08. The minimum absolute atomic E-state index is 0.0987. The number of carbonyl (C=O) groups excluding carboxylic acids is 2. The van der Waals surface area contributed by atoms with E-state index >= 15 is 0 Å². The highest BCUT2D eigenvalue weighted by molar-refractivity contribution is 8.16. The van der Waals surface area contributed by atoms with Gasteiger partial charge >= 0.3 is 5.97 Å². The maximum atomic E-state index is 13.6. The summed E-state index contributed by atoms with van der Waals surface area (Å²) >= 11 is 1.41. The summed E-state index contributed by atoms with van der Waals surface area (Å²) in [6, 6.07) is 14.3. The van der Waals surface area contributed by atoms with Gasteiger partial charge in [-0.05, 0) is 24.5 Å². The Kier molecular flexibility index (Phi) is 9.09. The molecule has 0 unspecified atom stereocenters. The number of hydrogen-bond donors (Lipinski definition) is 1. The van der Waals surface area contributed by atoms with Gasteiger partial charge in [-0.3, -0.25) is 4.79 Å². The van der Waals surface area contributed by atoms with Crippen molar-refractivity contribution in [2.24, 2.45) is 4.99 Å². The van der Waals surface area contributed by atoms with E-state index in [1.54, 1.807) is 34.3 Å². The van der Waals surface area contributed by atoms with Gasteiger partial charge in [0.15, 0.2) is 5.17 Å². The molecule has 38 heavy (non-hydrogen) atoms. The molecule has 2 aliphatic rings. The second-order valence-electron chi connectivity index (χ2n) is 8.37. The predicted octanol–water partition coefficient (Wildman–Crippen LogP) is 4.13. The van der Waals surface area contributed by atoms with E-state index in [1.807, 2.05) is 52.8 Å². The number of ether oxygens (including phenoxy) is 4. The van der Waals surface area contributed by atoms with Gasteiger partial charge in [0.1, 0.15) is 11.5 Å². The summed E-state index contributed by atoms with van der Waals surface area (Å²) in [7, 11) is 4.73. The summed E-state index contributed by atoms with van der Waals surface area (Å²) in [4.78, 5) is 33.2. The highest BCUT2D eigenvalue weighted by atomic mass is 32.2. The number of aliphatic imine (C=N–C) groups is 1. The molecule has 2 aromatic rings. The Bertz CT molecular complexity index is 1270. The SMILES string of the molecule is CCOC(=O)C1=C(c2ccccc2)N=C2SC=C(CC(=O)NCCOC)N2[C@H]1c1ccc(OC)cc1OC. The number of carbonyl (C=O) groups is 2. The van der Waals surface area contributed by atoms with E-state index in [9.17, 15) is 9.59 Å². The molecule has 1 amide bonds. The van der Waals surface area contributed by atoms with Crippen molar-refractivity contribution >= 4 is 34.5 Å². The largest absolute Gasteiger partial charge is 0.497 e. The van der Waals surface area contributed by atoms with E-state index in [0.717, 1.165) is 5.56 Å².